The van der Waals surface area contributed by atoms with E-state index in [9.17, 15) is 8.42 Å². The van der Waals surface area contributed by atoms with Crippen molar-refractivity contribution in [3.8, 4) is 0 Å². The Balaban J connectivity index is 2.28. The summed E-state index contributed by atoms with van der Waals surface area (Å²) in [7, 11) is 0.287. The van der Waals surface area contributed by atoms with Gasteiger partial charge in [-0.15, -0.1) is 0 Å². The van der Waals surface area contributed by atoms with E-state index in [4.69, 9.17) is 4.74 Å². The summed E-state index contributed by atoms with van der Waals surface area (Å²) in [6.07, 6.45) is 4.87. The Kier molecular flexibility index (Phi) is 8.63. The van der Waals surface area contributed by atoms with Gasteiger partial charge in [0.15, 0.2) is 0 Å². The van der Waals surface area contributed by atoms with Crippen molar-refractivity contribution < 1.29 is 13.2 Å². The van der Waals surface area contributed by atoms with E-state index in [0.29, 0.717) is 25.6 Å². The molecule has 1 unspecified atom stereocenters. The van der Waals surface area contributed by atoms with Crippen LogP contribution in [0.5, 0.6) is 0 Å². The largest absolute Gasteiger partial charge is 0.385 e. The highest BCUT2D eigenvalue weighted by atomic mass is 32.2. The maximum absolute atomic E-state index is 12.2. The Morgan fingerprint density at radius 2 is 2.10 bits per heavy atom. The number of ether oxygens (including phenoxy) is 1. The highest BCUT2D eigenvalue weighted by Crippen LogP contribution is 2.17. The van der Waals surface area contributed by atoms with Crippen molar-refractivity contribution in [2.45, 2.75) is 32.1 Å². The van der Waals surface area contributed by atoms with Crippen molar-refractivity contribution in [3.63, 3.8) is 0 Å². The third kappa shape index (κ3) is 6.49. The first-order valence-electron chi connectivity index (χ1n) is 7.48. The zero-order valence-electron chi connectivity index (χ0n) is 12.7. The molecule has 2 N–H and O–H groups in total. The predicted molar refractivity (Wildman–Crippen MR) is 80.9 cm³/mol. The highest BCUT2D eigenvalue weighted by Gasteiger charge is 2.27. The topological polar surface area (TPSA) is 70.7 Å². The molecule has 7 heteroatoms. The van der Waals surface area contributed by atoms with Crippen molar-refractivity contribution in [2.24, 2.45) is 5.92 Å². The minimum atomic E-state index is -3.30. The van der Waals surface area contributed by atoms with Crippen LogP contribution in [0.2, 0.25) is 0 Å². The highest BCUT2D eigenvalue weighted by molar-refractivity contribution is 7.87. The van der Waals surface area contributed by atoms with E-state index < -0.39 is 10.2 Å². The molecule has 0 radical (unpaired) electrons. The summed E-state index contributed by atoms with van der Waals surface area (Å²) in [6.45, 7) is 3.39. The molecule has 120 valence electrons. The van der Waals surface area contributed by atoms with Crippen LogP contribution < -0.4 is 10.0 Å². The van der Waals surface area contributed by atoms with Gasteiger partial charge in [0.1, 0.15) is 0 Å². The molecular weight excluding hydrogens is 278 g/mol. The van der Waals surface area contributed by atoms with E-state index in [2.05, 4.69) is 10.0 Å². The molecule has 0 aromatic rings. The SMILES string of the molecule is CNCC1CCCN(S(=O)(=O)NCCCCCOC)C1. The fourth-order valence-electron chi connectivity index (χ4n) is 2.54. The number of unbranched alkanes of at least 4 members (excludes halogenated alkanes) is 2. The fraction of sp³-hybridized carbons (Fsp3) is 1.00. The minimum absolute atomic E-state index is 0.423. The number of rotatable bonds is 10. The standard InChI is InChI=1S/C13H29N3O3S/c1-14-11-13-7-6-9-16(12-13)20(17,18)15-8-4-3-5-10-19-2/h13-15H,3-12H2,1-2H3. The Morgan fingerprint density at radius 3 is 2.80 bits per heavy atom. The zero-order valence-corrected chi connectivity index (χ0v) is 13.5. The van der Waals surface area contributed by atoms with Gasteiger partial charge in [0, 0.05) is 33.4 Å². The molecule has 20 heavy (non-hydrogen) atoms. The number of piperidine rings is 1. The molecule has 0 spiro atoms. The van der Waals surface area contributed by atoms with E-state index in [1.54, 1.807) is 11.4 Å². The first-order chi connectivity index (χ1) is 9.60. The van der Waals surface area contributed by atoms with Gasteiger partial charge in [0.2, 0.25) is 0 Å². The number of methoxy groups -OCH3 is 1. The molecule has 1 aliphatic rings. The van der Waals surface area contributed by atoms with Crippen LogP contribution in [0.15, 0.2) is 0 Å². The molecule has 1 rings (SSSR count). The van der Waals surface area contributed by atoms with Gasteiger partial charge >= 0.3 is 0 Å². The van der Waals surface area contributed by atoms with Crippen LogP contribution in [0.25, 0.3) is 0 Å². The number of hydrogen-bond acceptors (Lipinski definition) is 4. The van der Waals surface area contributed by atoms with Gasteiger partial charge < -0.3 is 10.1 Å². The molecule has 6 nitrogen and oxygen atoms in total. The van der Waals surface area contributed by atoms with Crippen LogP contribution in [0.1, 0.15) is 32.1 Å². The van der Waals surface area contributed by atoms with Crippen molar-refractivity contribution in [1.29, 1.82) is 0 Å². The average Bonchev–Trinajstić information content (AvgIpc) is 2.43. The van der Waals surface area contributed by atoms with Crippen molar-refractivity contribution in [2.75, 3.05) is 46.9 Å². The monoisotopic (exact) mass is 307 g/mol. The van der Waals surface area contributed by atoms with Crippen LogP contribution in [0.3, 0.4) is 0 Å². The van der Waals surface area contributed by atoms with E-state index in [-0.39, 0.29) is 0 Å². The van der Waals surface area contributed by atoms with Crippen LogP contribution >= 0.6 is 0 Å². The first kappa shape index (κ1) is 17.8. The Labute approximate surface area is 123 Å². The van der Waals surface area contributed by atoms with E-state index in [1.807, 2.05) is 7.05 Å². The summed E-state index contributed by atoms with van der Waals surface area (Å²) in [5.74, 6) is 0.423. The van der Waals surface area contributed by atoms with Gasteiger partial charge in [-0.2, -0.15) is 12.7 Å². The summed E-state index contributed by atoms with van der Waals surface area (Å²) in [5.41, 5.74) is 0. The predicted octanol–water partition coefficient (Wildman–Crippen LogP) is 0.569. The lowest BCUT2D eigenvalue weighted by Gasteiger charge is -2.31. The van der Waals surface area contributed by atoms with Gasteiger partial charge in [0.05, 0.1) is 0 Å². The maximum atomic E-state index is 12.2. The third-order valence-corrected chi connectivity index (χ3v) is 5.20. The second-order valence-electron chi connectivity index (χ2n) is 5.38. The second kappa shape index (κ2) is 9.68. The fourth-order valence-corrected chi connectivity index (χ4v) is 3.90. The van der Waals surface area contributed by atoms with Gasteiger partial charge in [-0.05, 0) is 51.6 Å². The number of nitrogens with zero attached hydrogens (tertiary/aromatic N) is 1. The smallest absolute Gasteiger partial charge is 0.279 e. The molecule has 0 saturated carbocycles. The van der Waals surface area contributed by atoms with Crippen LogP contribution in [0.4, 0.5) is 0 Å². The summed E-state index contributed by atoms with van der Waals surface area (Å²) < 4.78 is 33.7. The summed E-state index contributed by atoms with van der Waals surface area (Å²) in [6, 6.07) is 0. The molecule has 0 amide bonds. The van der Waals surface area contributed by atoms with Crippen molar-refractivity contribution in [3.05, 3.63) is 0 Å². The lowest BCUT2D eigenvalue weighted by atomic mass is 10.00. The third-order valence-electron chi connectivity index (χ3n) is 3.62. The zero-order chi connectivity index (χ0) is 14.8. The van der Waals surface area contributed by atoms with Crippen LogP contribution in [-0.2, 0) is 14.9 Å². The maximum Gasteiger partial charge on any atom is 0.279 e. The first-order valence-corrected chi connectivity index (χ1v) is 8.92. The molecule has 0 aliphatic carbocycles. The molecule has 0 bridgehead atoms. The molecule has 1 saturated heterocycles. The van der Waals surface area contributed by atoms with Crippen LogP contribution in [0, 0.1) is 5.92 Å². The van der Waals surface area contributed by atoms with Gasteiger partial charge in [-0.25, -0.2) is 4.72 Å². The minimum Gasteiger partial charge on any atom is -0.385 e. The molecule has 1 heterocycles. The Morgan fingerprint density at radius 1 is 1.30 bits per heavy atom. The molecule has 1 atom stereocenters. The number of nitrogens with one attached hydrogen (secondary N) is 2. The summed E-state index contributed by atoms with van der Waals surface area (Å²) in [4.78, 5) is 0. The lowest BCUT2D eigenvalue weighted by Crippen LogP contribution is -2.47. The van der Waals surface area contributed by atoms with Crippen LogP contribution in [-0.4, -0.2) is 59.7 Å². The van der Waals surface area contributed by atoms with Crippen molar-refractivity contribution >= 4 is 10.2 Å². The average molecular weight is 307 g/mol. The Hall–Kier alpha value is -0.210. The normalized spacial score (nSPS) is 21.2. The molecule has 1 aliphatic heterocycles. The second-order valence-corrected chi connectivity index (χ2v) is 7.13. The molecule has 0 aromatic heterocycles. The van der Waals surface area contributed by atoms with E-state index in [1.165, 1.54) is 0 Å². The summed E-state index contributed by atoms with van der Waals surface area (Å²) in [5, 5.41) is 3.13. The molecule has 0 aromatic carbocycles. The van der Waals surface area contributed by atoms with Gasteiger partial charge in [0.25, 0.3) is 10.2 Å². The van der Waals surface area contributed by atoms with Gasteiger partial charge in [-0.3, -0.25) is 0 Å². The van der Waals surface area contributed by atoms with E-state index >= 15 is 0 Å². The lowest BCUT2D eigenvalue weighted by molar-refractivity contribution is 0.192. The molecular formula is C13H29N3O3S. The number of hydrogen-bond donors (Lipinski definition) is 2. The summed E-state index contributed by atoms with van der Waals surface area (Å²) >= 11 is 0. The quantitative estimate of drug-likeness (QED) is 0.579. The van der Waals surface area contributed by atoms with E-state index in [0.717, 1.165) is 45.3 Å². The molecule has 1 fully saturated rings. The van der Waals surface area contributed by atoms with Gasteiger partial charge in [-0.1, -0.05) is 0 Å². The Bertz CT molecular complexity index is 347. The van der Waals surface area contributed by atoms with Crippen molar-refractivity contribution in [1.82, 2.24) is 14.3 Å².